The van der Waals surface area contributed by atoms with Gasteiger partial charge in [-0.15, -0.1) is 11.3 Å². The SMILES string of the molecule is CC1(C)Cc2nc3sc4c(SCC(=O)NCCc5ccccc5)ncnc4c3cc2CO1. The highest BCUT2D eigenvalue weighted by atomic mass is 32.2. The molecule has 3 aromatic heterocycles. The average molecular weight is 465 g/mol. The van der Waals surface area contributed by atoms with Gasteiger partial charge in [0.05, 0.1) is 33.9 Å². The highest BCUT2D eigenvalue weighted by Gasteiger charge is 2.28. The molecule has 4 heterocycles. The molecule has 0 spiro atoms. The van der Waals surface area contributed by atoms with E-state index in [1.807, 2.05) is 18.2 Å². The van der Waals surface area contributed by atoms with Crippen LogP contribution < -0.4 is 5.32 Å². The van der Waals surface area contributed by atoms with E-state index >= 15 is 0 Å². The topological polar surface area (TPSA) is 77.0 Å². The Balaban J connectivity index is 1.30. The van der Waals surface area contributed by atoms with Crippen molar-refractivity contribution in [3.8, 4) is 0 Å². The van der Waals surface area contributed by atoms with Crippen molar-refractivity contribution in [3.63, 3.8) is 0 Å². The van der Waals surface area contributed by atoms with Crippen molar-refractivity contribution in [1.82, 2.24) is 20.3 Å². The number of hydrogen-bond donors (Lipinski definition) is 1. The molecule has 0 atom stereocenters. The lowest BCUT2D eigenvalue weighted by Gasteiger charge is -2.30. The number of fused-ring (bicyclic) bond motifs is 4. The first-order valence-electron chi connectivity index (χ1n) is 10.6. The van der Waals surface area contributed by atoms with E-state index in [0.29, 0.717) is 18.9 Å². The van der Waals surface area contributed by atoms with Crippen LogP contribution in [0.15, 0.2) is 47.8 Å². The Kier molecular flexibility index (Phi) is 5.84. The van der Waals surface area contributed by atoms with Gasteiger partial charge in [-0.2, -0.15) is 0 Å². The smallest absolute Gasteiger partial charge is 0.230 e. The van der Waals surface area contributed by atoms with Crippen molar-refractivity contribution in [2.75, 3.05) is 12.3 Å². The summed E-state index contributed by atoms with van der Waals surface area (Å²) in [6.45, 7) is 5.38. The summed E-state index contributed by atoms with van der Waals surface area (Å²) in [5.74, 6) is 0.327. The van der Waals surface area contributed by atoms with Crippen LogP contribution in [-0.2, 0) is 29.0 Å². The van der Waals surface area contributed by atoms with E-state index in [1.165, 1.54) is 17.3 Å². The van der Waals surface area contributed by atoms with Gasteiger partial charge in [-0.25, -0.2) is 15.0 Å². The molecule has 8 heteroatoms. The van der Waals surface area contributed by atoms with Crippen molar-refractivity contribution in [3.05, 3.63) is 59.5 Å². The zero-order valence-corrected chi connectivity index (χ0v) is 19.7. The maximum Gasteiger partial charge on any atom is 0.230 e. The van der Waals surface area contributed by atoms with Crippen molar-refractivity contribution >= 4 is 49.4 Å². The van der Waals surface area contributed by atoms with Gasteiger partial charge in [0, 0.05) is 23.9 Å². The van der Waals surface area contributed by atoms with Gasteiger partial charge in [0.2, 0.25) is 5.91 Å². The van der Waals surface area contributed by atoms with Crippen LogP contribution >= 0.6 is 23.1 Å². The van der Waals surface area contributed by atoms with E-state index in [2.05, 4.69) is 47.3 Å². The van der Waals surface area contributed by atoms with Crippen LogP contribution in [0.1, 0.15) is 30.7 Å². The van der Waals surface area contributed by atoms with Gasteiger partial charge in [0.15, 0.2) is 0 Å². The standard InChI is InChI=1S/C24H24N4O2S2/c1-24(2)11-18-16(12-30-24)10-17-20-21(32-22(17)28-18)23(27-14-26-20)31-13-19(29)25-9-8-15-6-4-3-5-7-15/h3-7,10,14H,8-9,11-13H2,1-2H3,(H,25,29). The van der Waals surface area contributed by atoms with Gasteiger partial charge < -0.3 is 10.1 Å². The molecule has 0 saturated heterocycles. The minimum Gasteiger partial charge on any atom is -0.370 e. The van der Waals surface area contributed by atoms with Crippen LogP contribution in [0.25, 0.3) is 20.4 Å². The first kappa shape index (κ1) is 21.3. The fourth-order valence-corrected chi connectivity index (χ4v) is 5.88. The van der Waals surface area contributed by atoms with Crippen LogP contribution in [0, 0.1) is 0 Å². The zero-order chi connectivity index (χ0) is 22.1. The van der Waals surface area contributed by atoms with E-state index in [4.69, 9.17) is 9.72 Å². The highest BCUT2D eigenvalue weighted by Crippen LogP contribution is 2.38. The Hall–Kier alpha value is -2.55. The van der Waals surface area contributed by atoms with Crippen LogP contribution in [0.4, 0.5) is 0 Å². The van der Waals surface area contributed by atoms with Crippen molar-refractivity contribution < 1.29 is 9.53 Å². The Labute approximate surface area is 194 Å². The zero-order valence-electron chi connectivity index (χ0n) is 18.1. The fraction of sp³-hybridized carbons (Fsp3) is 0.333. The summed E-state index contributed by atoms with van der Waals surface area (Å²) in [6.07, 6.45) is 3.19. The summed E-state index contributed by atoms with van der Waals surface area (Å²) >= 11 is 3.04. The summed E-state index contributed by atoms with van der Waals surface area (Å²) in [4.78, 5) is 27.2. The summed E-state index contributed by atoms with van der Waals surface area (Å²) in [7, 11) is 0. The summed E-state index contributed by atoms with van der Waals surface area (Å²) in [5, 5.41) is 4.85. The third kappa shape index (κ3) is 4.48. The highest BCUT2D eigenvalue weighted by molar-refractivity contribution is 8.00. The molecule has 0 unspecified atom stereocenters. The Bertz CT molecular complexity index is 1290. The van der Waals surface area contributed by atoms with Crippen LogP contribution in [0.3, 0.4) is 0 Å². The Morgan fingerprint density at radius 1 is 1.25 bits per heavy atom. The maximum absolute atomic E-state index is 12.4. The quantitative estimate of drug-likeness (QED) is 0.333. The molecule has 6 nitrogen and oxygen atoms in total. The van der Waals surface area contributed by atoms with Crippen molar-refractivity contribution in [2.45, 2.75) is 43.9 Å². The Morgan fingerprint density at radius 2 is 2.09 bits per heavy atom. The van der Waals surface area contributed by atoms with E-state index in [1.54, 1.807) is 17.7 Å². The van der Waals surface area contributed by atoms with Crippen molar-refractivity contribution in [1.29, 1.82) is 0 Å². The van der Waals surface area contributed by atoms with Gasteiger partial charge in [0.1, 0.15) is 16.2 Å². The molecule has 0 fully saturated rings. The number of benzene rings is 1. The molecular weight excluding hydrogens is 440 g/mol. The second-order valence-corrected chi connectivity index (χ2v) is 10.5. The molecule has 1 amide bonds. The number of thioether (sulfide) groups is 1. The number of rotatable bonds is 6. The van der Waals surface area contributed by atoms with E-state index in [9.17, 15) is 4.79 Å². The number of thiophene rings is 1. The first-order valence-corrected chi connectivity index (χ1v) is 12.4. The molecule has 4 aromatic rings. The predicted molar refractivity (Wildman–Crippen MR) is 129 cm³/mol. The van der Waals surface area contributed by atoms with Gasteiger partial charge in [-0.05, 0) is 31.9 Å². The number of nitrogens with one attached hydrogen (secondary N) is 1. The van der Waals surface area contributed by atoms with Crippen LogP contribution in [0.2, 0.25) is 0 Å². The van der Waals surface area contributed by atoms with Gasteiger partial charge in [0.25, 0.3) is 0 Å². The number of carbonyl (C=O) groups excluding carboxylic acids is 1. The minimum absolute atomic E-state index is 0.00627. The molecule has 0 saturated carbocycles. The number of aromatic nitrogens is 3. The number of carbonyl (C=O) groups is 1. The molecule has 164 valence electrons. The molecule has 0 radical (unpaired) electrons. The molecule has 1 aliphatic heterocycles. The number of amides is 1. The lowest BCUT2D eigenvalue weighted by atomic mass is 9.95. The Morgan fingerprint density at radius 3 is 2.94 bits per heavy atom. The first-order chi connectivity index (χ1) is 15.5. The number of nitrogens with zero attached hydrogens (tertiary/aromatic N) is 3. The summed E-state index contributed by atoms with van der Waals surface area (Å²) in [5.41, 5.74) is 4.14. The number of ether oxygens (including phenoxy) is 1. The van der Waals surface area contributed by atoms with E-state index in [-0.39, 0.29) is 11.5 Å². The van der Waals surface area contributed by atoms with Gasteiger partial charge in [-0.1, -0.05) is 42.1 Å². The second-order valence-electron chi connectivity index (χ2n) is 8.50. The van der Waals surface area contributed by atoms with E-state index < -0.39 is 0 Å². The molecule has 0 bridgehead atoms. The summed E-state index contributed by atoms with van der Waals surface area (Å²) < 4.78 is 6.95. The lowest BCUT2D eigenvalue weighted by molar-refractivity contribution is -0.118. The third-order valence-corrected chi connectivity index (χ3v) is 7.73. The lowest BCUT2D eigenvalue weighted by Crippen LogP contribution is -2.32. The fourth-order valence-electron chi connectivity index (χ4n) is 3.84. The molecular formula is C24H24N4O2S2. The molecule has 1 aromatic carbocycles. The normalized spacial score (nSPS) is 15.1. The molecule has 1 aliphatic rings. The molecule has 5 rings (SSSR count). The summed E-state index contributed by atoms with van der Waals surface area (Å²) in [6, 6.07) is 12.3. The average Bonchev–Trinajstić information content (AvgIpc) is 3.14. The number of pyridine rings is 1. The van der Waals surface area contributed by atoms with Crippen LogP contribution in [-0.4, -0.2) is 38.8 Å². The minimum atomic E-state index is -0.195. The largest absolute Gasteiger partial charge is 0.370 e. The monoisotopic (exact) mass is 464 g/mol. The molecule has 32 heavy (non-hydrogen) atoms. The van der Waals surface area contributed by atoms with Gasteiger partial charge >= 0.3 is 0 Å². The maximum atomic E-state index is 12.4. The number of hydrogen-bond acceptors (Lipinski definition) is 7. The van der Waals surface area contributed by atoms with Crippen LogP contribution in [0.5, 0.6) is 0 Å². The van der Waals surface area contributed by atoms with Crippen molar-refractivity contribution in [2.24, 2.45) is 0 Å². The third-order valence-electron chi connectivity index (χ3n) is 5.51. The van der Waals surface area contributed by atoms with E-state index in [0.717, 1.165) is 49.6 Å². The molecule has 0 aliphatic carbocycles. The predicted octanol–water partition coefficient (Wildman–Crippen LogP) is 4.54. The molecule has 1 N–H and O–H groups in total. The van der Waals surface area contributed by atoms with Gasteiger partial charge in [-0.3, -0.25) is 4.79 Å². The second kappa shape index (κ2) is 8.77.